The summed E-state index contributed by atoms with van der Waals surface area (Å²) in [7, 11) is -3.93. The Hall–Kier alpha value is -4.13. The normalized spacial score (nSPS) is 12.8. The number of anilines is 1. The summed E-state index contributed by atoms with van der Waals surface area (Å²) in [4.78, 5) is 0.195. The van der Waals surface area contributed by atoms with Crippen LogP contribution in [-0.4, -0.2) is 30.7 Å². The highest BCUT2D eigenvalue weighted by atomic mass is 32.2. The molecule has 0 saturated heterocycles. The van der Waals surface area contributed by atoms with E-state index in [2.05, 4.69) is 16.7 Å². The minimum absolute atomic E-state index is 0.0879. The molecular formula is C32H28N2O3S. The largest absolute Gasteiger partial charge is 0.389 e. The molecule has 1 atom stereocenters. The summed E-state index contributed by atoms with van der Waals surface area (Å²) in [5.41, 5.74) is 3.51. The standard InChI is InChI=1S/C32H28N2O3S/c1-23-14-18-28(19-15-23)38(36,37)34(26-17-16-24-8-2-3-9-25(24)20-26)22-27(35)21-33-31-12-6-4-10-29(31)30-11-5-7-13-32(30)33/h2-20,27,35H,21-22H2,1H3/t27-/m0/s1. The number of sulfonamides is 1. The Bertz CT molecular complexity index is 1820. The first-order valence-electron chi connectivity index (χ1n) is 12.6. The van der Waals surface area contributed by atoms with Crippen LogP contribution in [0.3, 0.4) is 0 Å². The van der Waals surface area contributed by atoms with Crippen LogP contribution in [0, 0.1) is 6.92 Å². The molecule has 190 valence electrons. The third-order valence-corrected chi connectivity index (χ3v) is 8.89. The second-order valence-electron chi connectivity index (χ2n) is 9.68. The molecule has 0 spiro atoms. The smallest absolute Gasteiger partial charge is 0.264 e. The lowest BCUT2D eigenvalue weighted by Gasteiger charge is -2.28. The zero-order chi connectivity index (χ0) is 26.3. The van der Waals surface area contributed by atoms with Gasteiger partial charge in [-0.25, -0.2) is 8.42 Å². The van der Waals surface area contributed by atoms with Crippen LogP contribution in [0.1, 0.15) is 5.56 Å². The van der Waals surface area contributed by atoms with Crippen LogP contribution < -0.4 is 4.31 Å². The highest BCUT2D eigenvalue weighted by molar-refractivity contribution is 7.92. The quantitative estimate of drug-likeness (QED) is 0.261. The van der Waals surface area contributed by atoms with Crippen molar-refractivity contribution in [3.8, 4) is 0 Å². The molecule has 0 fully saturated rings. The fourth-order valence-corrected chi connectivity index (χ4v) is 6.67. The highest BCUT2D eigenvalue weighted by Gasteiger charge is 2.28. The number of fused-ring (bicyclic) bond motifs is 4. The van der Waals surface area contributed by atoms with Gasteiger partial charge in [-0.2, -0.15) is 0 Å². The fraction of sp³-hybridized carbons (Fsp3) is 0.125. The predicted molar refractivity (Wildman–Crippen MR) is 155 cm³/mol. The minimum atomic E-state index is -3.93. The van der Waals surface area contributed by atoms with Crippen LogP contribution >= 0.6 is 0 Å². The average Bonchev–Trinajstić information content (AvgIpc) is 3.25. The third-order valence-electron chi connectivity index (χ3n) is 7.08. The molecule has 1 aromatic heterocycles. The molecule has 1 N–H and O–H groups in total. The van der Waals surface area contributed by atoms with Gasteiger partial charge in [0.2, 0.25) is 0 Å². The van der Waals surface area contributed by atoms with Gasteiger partial charge in [0.05, 0.1) is 29.8 Å². The number of aromatic nitrogens is 1. The third kappa shape index (κ3) is 4.32. The summed E-state index contributed by atoms with van der Waals surface area (Å²) in [5.74, 6) is 0. The van der Waals surface area contributed by atoms with Gasteiger partial charge in [0.1, 0.15) is 0 Å². The maximum Gasteiger partial charge on any atom is 0.264 e. The number of hydrogen-bond acceptors (Lipinski definition) is 3. The zero-order valence-electron chi connectivity index (χ0n) is 21.0. The van der Waals surface area contributed by atoms with Crippen LogP contribution in [0.4, 0.5) is 5.69 Å². The first kappa shape index (κ1) is 24.2. The molecule has 0 aliphatic rings. The van der Waals surface area contributed by atoms with Crippen molar-refractivity contribution in [1.29, 1.82) is 0 Å². The zero-order valence-corrected chi connectivity index (χ0v) is 21.8. The molecule has 0 amide bonds. The molecule has 5 aromatic carbocycles. The minimum Gasteiger partial charge on any atom is -0.389 e. The Labute approximate surface area is 222 Å². The lowest BCUT2D eigenvalue weighted by molar-refractivity contribution is 0.166. The van der Waals surface area contributed by atoms with Crippen molar-refractivity contribution in [3.05, 3.63) is 121 Å². The summed E-state index contributed by atoms with van der Waals surface area (Å²) < 4.78 is 31.3. The maximum absolute atomic E-state index is 14.0. The molecule has 0 unspecified atom stereocenters. The number of nitrogens with zero attached hydrogens (tertiary/aromatic N) is 2. The van der Waals surface area contributed by atoms with E-state index in [9.17, 15) is 13.5 Å². The average molecular weight is 521 g/mol. The first-order valence-corrected chi connectivity index (χ1v) is 14.1. The van der Waals surface area contributed by atoms with E-state index in [1.54, 1.807) is 30.3 Å². The topological polar surface area (TPSA) is 62.5 Å². The van der Waals surface area contributed by atoms with Gasteiger partial charge >= 0.3 is 0 Å². The molecule has 5 nitrogen and oxygen atoms in total. The number of rotatable bonds is 7. The van der Waals surface area contributed by atoms with E-state index in [1.807, 2.05) is 79.7 Å². The van der Waals surface area contributed by atoms with Gasteiger partial charge in [0.15, 0.2) is 0 Å². The SMILES string of the molecule is Cc1ccc(S(=O)(=O)N(C[C@@H](O)Cn2c3ccccc3c3ccccc32)c2ccc3ccccc3c2)cc1. The first-order chi connectivity index (χ1) is 18.4. The van der Waals surface area contributed by atoms with E-state index in [0.717, 1.165) is 38.1 Å². The lowest BCUT2D eigenvalue weighted by atomic mass is 10.1. The molecule has 0 radical (unpaired) electrons. The van der Waals surface area contributed by atoms with E-state index in [1.165, 1.54) is 4.31 Å². The van der Waals surface area contributed by atoms with Crippen LogP contribution in [0.2, 0.25) is 0 Å². The number of benzene rings is 5. The van der Waals surface area contributed by atoms with E-state index in [4.69, 9.17) is 0 Å². The van der Waals surface area contributed by atoms with Crippen molar-refractivity contribution in [2.75, 3.05) is 10.8 Å². The monoisotopic (exact) mass is 520 g/mol. The van der Waals surface area contributed by atoms with E-state index in [-0.39, 0.29) is 18.0 Å². The molecule has 0 bridgehead atoms. The Kier molecular flexibility index (Phi) is 6.14. The molecule has 0 aliphatic carbocycles. The van der Waals surface area contributed by atoms with Gasteiger partial charge < -0.3 is 9.67 Å². The Morgan fingerprint density at radius 2 is 1.32 bits per heavy atom. The van der Waals surface area contributed by atoms with Crippen LogP contribution in [0.25, 0.3) is 32.6 Å². The second-order valence-corrected chi connectivity index (χ2v) is 11.5. The fourth-order valence-electron chi connectivity index (χ4n) is 5.17. The Balaban J connectivity index is 1.41. The van der Waals surface area contributed by atoms with Crippen molar-refractivity contribution >= 4 is 48.3 Å². The van der Waals surface area contributed by atoms with Gasteiger partial charge in [0.25, 0.3) is 10.0 Å². The number of hydrogen-bond donors (Lipinski definition) is 1. The van der Waals surface area contributed by atoms with Crippen molar-refractivity contribution < 1.29 is 13.5 Å². The van der Waals surface area contributed by atoms with Gasteiger partial charge in [-0.1, -0.05) is 84.4 Å². The summed E-state index contributed by atoms with van der Waals surface area (Å²) in [6.07, 6.45) is -0.957. The van der Waals surface area contributed by atoms with Crippen molar-refractivity contribution in [2.45, 2.75) is 24.5 Å². The molecular weight excluding hydrogens is 492 g/mol. The summed E-state index contributed by atoms with van der Waals surface area (Å²) in [5, 5.41) is 15.6. The Morgan fingerprint density at radius 3 is 1.97 bits per heavy atom. The molecule has 6 rings (SSSR count). The Morgan fingerprint density at radius 1 is 0.737 bits per heavy atom. The summed E-state index contributed by atoms with van der Waals surface area (Å²) in [6.45, 7) is 2.09. The van der Waals surface area contributed by atoms with Gasteiger partial charge in [-0.05, 0) is 54.1 Å². The number of aryl methyl sites for hydroxylation is 1. The number of aliphatic hydroxyl groups excluding tert-OH is 1. The van der Waals surface area contributed by atoms with Crippen molar-refractivity contribution in [2.24, 2.45) is 0 Å². The van der Waals surface area contributed by atoms with Crippen molar-refractivity contribution in [3.63, 3.8) is 0 Å². The molecule has 6 heteroatoms. The second kappa shape index (κ2) is 9.63. The molecule has 38 heavy (non-hydrogen) atoms. The summed E-state index contributed by atoms with van der Waals surface area (Å²) in [6, 6.07) is 36.5. The number of para-hydroxylation sites is 2. The van der Waals surface area contributed by atoms with E-state index < -0.39 is 16.1 Å². The lowest BCUT2D eigenvalue weighted by Crippen LogP contribution is -2.39. The van der Waals surface area contributed by atoms with Gasteiger partial charge in [-0.3, -0.25) is 4.31 Å². The van der Waals surface area contributed by atoms with E-state index in [0.29, 0.717) is 5.69 Å². The predicted octanol–water partition coefficient (Wildman–Crippen LogP) is 6.51. The maximum atomic E-state index is 14.0. The molecule has 0 saturated carbocycles. The van der Waals surface area contributed by atoms with Crippen LogP contribution in [0.5, 0.6) is 0 Å². The molecule has 0 aliphatic heterocycles. The van der Waals surface area contributed by atoms with Crippen LogP contribution in [-0.2, 0) is 16.6 Å². The molecule has 1 heterocycles. The van der Waals surface area contributed by atoms with Gasteiger partial charge in [0, 0.05) is 21.8 Å². The summed E-state index contributed by atoms with van der Waals surface area (Å²) >= 11 is 0. The number of aliphatic hydroxyl groups is 1. The van der Waals surface area contributed by atoms with Crippen molar-refractivity contribution in [1.82, 2.24) is 4.57 Å². The van der Waals surface area contributed by atoms with E-state index >= 15 is 0 Å². The molecule has 6 aromatic rings. The highest BCUT2D eigenvalue weighted by Crippen LogP contribution is 2.31. The van der Waals surface area contributed by atoms with Crippen LogP contribution in [0.15, 0.2) is 120 Å². The van der Waals surface area contributed by atoms with Gasteiger partial charge in [-0.15, -0.1) is 0 Å².